The lowest BCUT2D eigenvalue weighted by Crippen LogP contribution is -2.32. The van der Waals surface area contributed by atoms with Gasteiger partial charge in [-0.15, -0.1) is 0 Å². The van der Waals surface area contributed by atoms with Gasteiger partial charge in [0.15, 0.2) is 0 Å². The molecule has 0 aliphatic rings. The number of hydrogen-bond donors (Lipinski definition) is 2. The Bertz CT molecular complexity index is 728. The van der Waals surface area contributed by atoms with Gasteiger partial charge in [-0.25, -0.2) is 5.43 Å². The van der Waals surface area contributed by atoms with Gasteiger partial charge in [0, 0.05) is 10.2 Å². The van der Waals surface area contributed by atoms with E-state index in [2.05, 4.69) is 31.8 Å². The van der Waals surface area contributed by atoms with Crippen LogP contribution in [0.25, 0.3) is 0 Å². The molecule has 0 aromatic heterocycles. The number of ether oxygens (including phenoxy) is 1. The molecule has 124 valence electrons. The molecular formula is C17H16BrN3O3. The lowest BCUT2D eigenvalue weighted by Gasteiger charge is -2.04. The van der Waals surface area contributed by atoms with E-state index < -0.39 is 11.8 Å². The van der Waals surface area contributed by atoms with Crippen LogP contribution in [-0.2, 0) is 9.59 Å². The Morgan fingerprint density at radius 1 is 1.08 bits per heavy atom. The summed E-state index contributed by atoms with van der Waals surface area (Å²) in [5.41, 5.74) is 3.47. The van der Waals surface area contributed by atoms with Crippen LogP contribution >= 0.6 is 15.9 Å². The van der Waals surface area contributed by atoms with Crippen molar-refractivity contribution in [2.75, 3.05) is 11.9 Å². The van der Waals surface area contributed by atoms with Crippen molar-refractivity contribution in [2.45, 2.75) is 6.92 Å². The van der Waals surface area contributed by atoms with Gasteiger partial charge in [0.05, 0.1) is 12.8 Å². The lowest BCUT2D eigenvalue weighted by molar-refractivity contribution is -0.136. The third-order valence-electron chi connectivity index (χ3n) is 2.88. The molecule has 0 aliphatic carbocycles. The van der Waals surface area contributed by atoms with Crippen molar-refractivity contribution in [2.24, 2.45) is 5.10 Å². The molecule has 6 nitrogen and oxygen atoms in total. The Labute approximate surface area is 148 Å². The minimum atomic E-state index is -0.847. The van der Waals surface area contributed by atoms with E-state index in [4.69, 9.17) is 4.74 Å². The Hall–Kier alpha value is -2.67. The molecule has 2 aromatic carbocycles. The molecule has 0 unspecified atom stereocenters. The summed E-state index contributed by atoms with van der Waals surface area (Å²) in [7, 11) is 0. The molecule has 0 aliphatic heterocycles. The first kappa shape index (κ1) is 17.7. The van der Waals surface area contributed by atoms with E-state index in [1.807, 2.05) is 6.92 Å². The van der Waals surface area contributed by atoms with Gasteiger partial charge >= 0.3 is 11.8 Å². The van der Waals surface area contributed by atoms with E-state index >= 15 is 0 Å². The second-order valence-corrected chi connectivity index (χ2v) is 5.58. The molecule has 0 fully saturated rings. The summed E-state index contributed by atoms with van der Waals surface area (Å²) in [5, 5.41) is 6.24. The van der Waals surface area contributed by atoms with Gasteiger partial charge in [0.25, 0.3) is 0 Å². The summed E-state index contributed by atoms with van der Waals surface area (Å²) in [6, 6.07) is 14.1. The molecule has 2 amide bonds. The maximum absolute atomic E-state index is 11.7. The quantitative estimate of drug-likeness (QED) is 0.468. The minimum Gasteiger partial charge on any atom is -0.494 e. The number of halogens is 1. The molecule has 0 radical (unpaired) electrons. The monoisotopic (exact) mass is 389 g/mol. The normalized spacial score (nSPS) is 10.4. The number of nitrogens with one attached hydrogen (secondary N) is 2. The highest BCUT2D eigenvalue weighted by Crippen LogP contribution is 2.14. The maximum Gasteiger partial charge on any atom is 0.329 e. The third-order valence-corrected chi connectivity index (χ3v) is 3.41. The van der Waals surface area contributed by atoms with Crippen LogP contribution < -0.4 is 15.5 Å². The number of amides is 2. The van der Waals surface area contributed by atoms with Gasteiger partial charge in [0.1, 0.15) is 5.75 Å². The fourth-order valence-corrected chi connectivity index (χ4v) is 2.02. The number of rotatable bonds is 5. The minimum absolute atomic E-state index is 0.522. The summed E-state index contributed by atoms with van der Waals surface area (Å²) in [4.78, 5) is 23.4. The Morgan fingerprint density at radius 2 is 1.75 bits per heavy atom. The fraction of sp³-hybridized carbons (Fsp3) is 0.118. The Kier molecular flexibility index (Phi) is 6.51. The van der Waals surface area contributed by atoms with E-state index in [9.17, 15) is 9.59 Å². The first-order valence-corrected chi connectivity index (χ1v) is 8.00. The molecule has 24 heavy (non-hydrogen) atoms. The van der Waals surface area contributed by atoms with E-state index in [0.29, 0.717) is 12.3 Å². The zero-order valence-corrected chi connectivity index (χ0v) is 14.5. The van der Waals surface area contributed by atoms with Crippen molar-refractivity contribution >= 4 is 39.6 Å². The van der Waals surface area contributed by atoms with Crippen LogP contribution in [0, 0.1) is 0 Å². The maximum atomic E-state index is 11.7. The molecule has 2 N–H and O–H groups in total. The second kappa shape index (κ2) is 8.83. The average molecular weight is 390 g/mol. The number of benzene rings is 2. The largest absolute Gasteiger partial charge is 0.494 e. The second-order valence-electron chi connectivity index (χ2n) is 4.66. The molecule has 0 spiro atoms. The van der Waals surface area contributed by atoms with Crippen LogP contribution in [0.5, 0.6) is 5.75 Å². The van der Waals surface area contributed by atoms with Crippen molar-refractivity contribution < 1.29 is 14.3 Å². The Balaban J connectivity index is 1.85. The number of hydrazone groups is 1. The predicted molar refractivity (Wildman–Crippen MR) is 96.1 cm³/mol. The topological polar surface area (TPSA) is 79.8 Å². The van der Waals surface area contributed by atoms with E-state index in [0.717, 1.165) is 15.8 Å². The summed E-state index contributed by atoms with van der Waals surface area (Å²) >= 11 is 3.29. The molecule has 0 bridgehead atoms. The lowest BCUT2D eigenvalue weighted by atomic mass is 10.2. The van der Waals surface area contributed by atoms with Crippen molar-refractivity contribution in [3.63, 3.8) is 0 Å². The van der Waals surface area contributed by atoms with Crippen LogP contribution in [0.2, 0.25) is 0 Å². The zero-order chi connectivity index (χ0) is 17.4. The van der Waals surface area contributed by atoms with Crippen molar-refractivity contribution in [3.8, 4) is 5.75 Å². The molecule has 0 heterocycles. The zero-order valence-electron chi connectivity index (χ0n) is 13.0. The highest BCUT2D eigenvalue weighted by molar-refractivity contribution is 9.10. The fourth-order valence-electron chi connectivity index (χ4n) is 1.75. The summed E-state index contributed by atoms with van der Waals surface area (Å²) in [5.74, 6) is -0.881. The van der Waals surface area contributed by atoms with Crippen LogP contribution in [0.15, 0.2) is 58.1 Å². The summed E-state index contributed by atoms with van der Waals surface area (Å²) < 4.78 is 6.21. The molecule has 0 saturated carbocycles. The van der Waals surface area contributed by atoms with Gasteiger partial charge in [0.2, 0.25) is 0 Å². The summed E-state index contributed by atoms with van der Waals surface area (Å²) in [6.45, 7) is 2.50. The van der Waals surface area contributed by atoms with Gasteiger partial charge in [-0.1, -0.05) is 15.9 Å². The molecule has 7 heteroatoms. The molecule has 0 saturated heterocycles. The van der Waals surface area contributed by atoms with Crippen LogP contribution in [0.4, 0.5) is 5.69 Å². The third kappa shape index (κ3) is 5.51. The smallest absolute Gasteiger partial charge is 0.329 e. The summed E-state index contributed by atoms with van der Waals surface area (Å²) in [6.07, 6.45) is 1.44. The van der Waals surface area contributed by atoms with Crippen molar-refractivity contribution in [1.29, 1.82) is 0 Å². The highest BCUT2D eigenvalue weighted by atomic mass is 79.9. The highest BCUT2D eigenvalue weighted by Gasteiger charge is 2.12. The number of anilines is 1. The standard InChI is InChI=1S/C17H16BrN3O3/c1-2-24-15-9-3-12(4-10-15)11-19-21-17(23)16(22)20-14-7-5-13(18)6-8-14/h3-11H,2H2,1H3,(H,20,22)(H,21,23). The Morgan fingerprint density at radius 3 is 2.38 bits per heavy atom. The average Bonchev–Trinajstić information content (AvgIpc) is 2.58. The molecule has 0 atom stereocenters. The first-order valence-electron chi connectivity index (χ1n) is 7.21. The van der Waals surface area contributed by atoms with Gasteiger partial charge in [-0.3, -0.25) is 9.59 Å². The van der Waals surface area contributed by atoms with E-state index in [1.165, 1.54) is 6.21 Å². The SMILES string of the molecule is CCOc1ccc(C=NNC(=O)C(=O)Nc2ccc(Br)cc2)cc1. The van der Waals surface area contributed by atoms with E-state index in [1.54, 1.807) is 48.5 Å². The van der Waals surface area contributed by atoms with Crippen LogP contribution in [-0.4, -0.2) is 24.6 Å². The molecular weight excluding hydrogens is 374 g/mol. The van der Waals surface area contributed by atoms with E-state index in [-0.39, 0.29) is 0 Å². The van der Waals surface area contributed by atoms with Crippen LogP contribution in [0.3, 0.4) is 0 Å². The first-order chi connectivity index (χ1) is 11.6. The van der Waals surface area contributed by atoms with Crippen molar-refractivity contribution in [1.82, 2.24) is 5.43 Å². The van der Waals surface area contributed by atoms with Gasteiger partial charge in [-0.2, -0.15) is 5.10 Å². The number of carbonyl (C=O) groups excluding carboxylic acids is 2. The molecule has 2 rings (SSSR count). The number of nitrogens with zero attached hydrogens (tertiary/aromatic N) is 1. The van der Waals surface area contributed by atoms with Crippen molar-refractivity contribution in [3.05, 3.63) is 58.6 Å². The number of hydrogen-bond acceptors (Lipinski definition) is 4. The van der Waals surface area contributed by atoms with Gasteiger partial charge < -0.3 is 10.1 Å². The number of carbonyl (C=O) groups is 2. The van der Waals surface area contributed by atoms with Crippen LogP contribution in [0.1, 0.15) is 12.5 Å². The molecule has 2 aromatic rings. The van der Waals surface area contributed by atoms with Gasteiger partial charge in [-0.05, 0) is 61.0 Å². The predicted octanol–water partition coefficient (Wildman–Crippen LogP) is 2.94.